The van der Waals surface area contributed by atoms with Crippen molar-refractivity contribution in [1.82, 2.24) is 15.0 Å². The van der Waals surface area contributed by atoms with Crippen molar-refractivity contribution >= 4 is 17.5 Å². The van der Waals surface area contributed by atoms with E-state index in [0.29, 0.717) is 29.9 Å². The molecule has 1 atom stereocenters. The van der Waals surface area contributed by atoms with Crippen LogP contribution in [0.2, 0.25) is 5.02 Å². The summed E-state index contributed by atoms with van der Waals surface area (Å²) < 4.78 is 11.1. The number of piperidine rings is 1. The first-order valence-corrected chi connectivity index (χ1v) is 10.1. The number of benzene rings is 2. The molecule has 0 saturated carbocycles. The maximum Gasteiger partial charge on any atom is 0.249 e. The van der Waals surface area contributed by atoms with E-state index in [4.69, 9.17) is 20.9 Å². The Morgan fingerprint density at radius 3 is 2.72 bits per heavy atom. The molecular weight excluding hydrogens is 390 g/mol. The van der Waals surface area contributed by atoms with Gasteiger partial charge in [-0.25, -0.2) is 0 Å². The highest BCUT2D eigenvalue weighted by molar-refractivity contribution is 6.30. The Hall–Kier alpha value is -2.70. The number of carbonyl (C=O) groups is 1. The maximum atomic E-state index is 12.8. The summed E-state index contributed by atoms with van der Waals surface area (Å²) in [6.45, 7) is 1.10. The Labute approximate surface area is 174 Å². The van der Waals surface area contributed by atoms with Gasteiger partial charge in [0.15, 0.2) is 0 Å². The fraction of sp³-hybridized carbons (Fsp3) is 0.318. The lowest BCUT2D eigenvalue weighted by molar-refractivity contribution is -0.141. The van der Waals surface area contributed by atoms with E-state index in [9.17, 15) is 4.79 Å². The lowest BCUT2D eigenvalue weighted by Gasteiger charge is -2.33. The zero-order chi connectivity index (χ0) is 20.1. The zero-order valence-electron chi connectivity index (χ0n) is 16.0. The standard InChI is InChI=1S/C22H22ClN3O3/c23-18-11-9-17(10-12-18)21-24-22(29-25-21)19-8-4-5-13-26(19)20(27)15-28-14-16-6-2-1-3-7-16/h1-3,6-7,9-12,19H,4-5,8,13-15H2. The molecule has 1 saturated heterocycles. The SMILES string of the molecule is O=C(COCc1ccccc1)N1CCCCC1c1nc(-c2ccc(Cl)cc2)no1. The van der Waals surface area contributed by atoms with Crippen LogP contribution in [0.25, 0.3) is 11.4 Å². The Kier molecular flexibility index (Phi) is 6.22. The Bertz CT molecular complexity index is 943. The van der Waals surface area contributed by atoms with Crippen molar-refractivity contribution in [2.24, 2.45) is 0 Å². The summed E-state index contributed by atoms with van der Waals surface area (Å²) in [6.07, 6.45) is 2.77. The second kappa shape index (κ2) is 9.20. The number of likely N-dealkylation sites (tertiary alicyclic amines) is 1. The van der Waals surface area contributed by atoms with Gasteiger partial charge < -0.3 is 14.2 Å². The quantitative estimate of drug-likeness (QED) is 0.590. The van der Waals surface area contributed by atoms with Crippen LogP contribution >= 0.6 is 11.6 Å². The number of rotatable bonds is 6. The molecule has 1 amide bonds. The molecule has 6 nitrogen and oxygen atoms in total. The number of hydrogen-bond acceptors (Lipinski definition) is 5. The van der Waals surface area contributed by atoms with E-state index in [1.807, 2.05) is 42.5 Å². The molecule has 1 aliphatic rings. The molecule has 1 aliphatic heterocycles. The summed E-state index contributed by atoms with van der Waals surface area (Å²) in [7, 11) is 0. The van der Waals surface area contributed by atoms with Gasteiger partial charge in [0.2, 0.25) is 17.6 Å². The topological polar surface area (TPSA) is 68.5 Å². The molecular formula is C22H22ClN3O3. The molecule has 29 heavy (non-hydrogen) atoms. The van der Waals surface area contributed by atoms with Gasteiger partial charge in [-0.15, -0.1) is 0 Å². The number of aromatic nitrogens is 2. The third kappa shape index (κ3) is 4.83. The van der Waals surface area contributed by atoms with Crippen LogP contribution in [0.4, 0.5) is 0 Å². The molecule has 1 aromatic heterocycles. The second-order valence-electron chi connectivity index (χ2n) is 7.04. The lowest BCUT2D eigenvalue weighted by atomic mass is 10.0. The molecule has 0 aliphatic carbocycles. The van der Waals surface area contributed by atoms with Gasteiger partial charge >= 0.3 is 0 Å². The highest BCUT2D eigenvalue weighted by Crippen LogP contribution is 2.31. The molecule has 4 rings (SSSR count). The van der Waals surface area contributed by atoms with E-state index in [1.165, 1.54) is 0 Å². The summed E-state index contributed by atoms with van der Waals surface area (Å²) in [5.74, 6) is 0.901. The van der Waals surface area contributed by atoms with E-state index in [1.54, 1.807) is 17.0 Å². The third-order valence-corrected chi connectivity index (χ3v) is 5.24. The Morgan fingerprint density at radius 2 is 1.93 bits per heavy atom. The van der Waals surface area contributed by atoms with Crippen LogP contribution in [0.15, 0.2) is 59.1 Å². The lowest BCUT2D eigenvalue weighted by Crippen LogP contribution is -2.40. The molecule has 2 heterocycles. The van der Waals surface area contributed by atoms with Crippen molar-refractivity contribution < 1.29 is 14.1 Å². The van der Waals surface area contributed by atoms with Crippen LogP contribution in [-0.4, -0.2) is 34.1 Å². The van der Waals surface area contributed by atoms with Crippen molar-refractivity contribution in [3.63, 3.8) is 0 Å². The van der Waals surface area contributed by atoms with Gasteiger partial charge in [-0.1, -0.05) is 47.1 Å². The van der Waals surface area contributed by atoms with Crippen LogP contribution in [0.3, 0.4) is 0 Å². The number of ether oxygens (including phenoxy) is 1. The number of halogens is 1. The van der Waals surface area contributed by atoms with E-state index in [-0.39, 0.29) is 18.6 Å². The highest BCUT2D eigenvalue weighted by Gasteiger charge is 2.32. The summed E-state index contributed by atoms with van der Waals surface area (Å²) in [5, 5.41) is 4.74. The van der Waals surface area contributed by atoms with Crippen molar-refractivity contribution in [1.29, 1.82) is 0 Å². The smallest absolute Gasteiger partial charge is 0.249 e. The molecule has 0 radical (unpaired) electrons. The van der Waals surface area contributed by atoms with Gasteiger partial charge in [0.05, 0.1) is 6.61 Å². The van der Waals surface area contributed by atoms with Crippen molar-refractivity contribution in [3.8, 4) is 11.4 Å². The first kappa shape index (κ1) is 19.6. The number of hydrogen-bond donors (Lipinski definition) is 0. The first-order chi connectivity index (χ1) is 14.2. The summed E-state index contributed by atoms with van der Waals surface area (Å²) >= 11 is 5.94. The highest BCUT2D eigenvalue weighted by atomic mass is 35.5. The largest absolute Gasteiger partial charge is 0.367 e. The van der Waals surface area contributed by atoms with E-state index >= 15 is 0 Å². The molecule has 3 aromatic rings. The van der Waals surface area contributed by atoms with Crippen LogP contribution in [0.5, 0.6) is 0 Å². The summed E-state index contributed by atoms with van der Waals surface area (Å²) in [4.78, 5) is 19.1. The molecule has 7 heteroatoms. The number of amides is 1. The first-order valence-electron chi connectivity index (χ1n) is 9.71. The van der Waals surface area contributed by atoms with Crippen LogP contribution in [0, 0.1) is 0 Å². The molecule has 0 bridgehead atoms. The van der Waals surface area contributed by atoms with Crippen LogP contribution < -0.4 is 0 Å². The molecule has 150 valence electrons. The van der Waals surface area contributed by atoms with Gasteiger partial charge in [0, 0.05) is 17.1 Å². The van der Waals surface area contributed by atoms with E-state index in [2.05, 4.69) is 10.1 Å². The monoisotopic (exact) mass is 411 g/mol. The van der Waals surface area contributed by atoms with Gasteiger partial charge in [-0.05, 0) is 49.1 Å². The van der Waals surface area contributed by atoms with E-state index in [0.717, 1.165) is 30.4 Å². The summed E-state index contributed by atoms with van der Waals surface area (Å²) in [6, 6.07) is 16.9. The van der Waals surface area contributed by atoms with Crippen LogP contribution in [-0.2, 0) is 16.1 Å². The fourth-order valence-corrected chi connectivity index (χ4v) is 3.61. The normalized spacial score (nSPS) is 16.7. The Balaban J connectivity index is 1.42. The molecule has 2 aromatic carbocycles. The van der Waals surface area contributed by atoms with Crippen LogP contribution in [0.1, 0.15) is 36.8 Å². The molecule has 0 N–H and O–H groups in total. The van der Waals surface area contributed by atoms with Crippen molar-refractivity contribution in [2.75, 3.05) is 13.2 Å². The molecule has 0 spiro atoms. The minimum Gasteiger partial charge on any atom is -0.367 e. The van der Waals surface area contributed by atoms with Gasteiger partial charge in [-0.2, -0.15) is 4.98 Å². The number of nitrogens with zero attached hydrogens (tertiary/aromatic N) is 3. The van der Waals surface area contributed by atoms with Gasteiger partial charge in [-0.3, -0.25) is 4.79 Å². The number of carbonyl (C=O) groups excluding carboxylic acids is 1. The Morgan fingerprint density at radius 1 is 1.14 bits per heavy atom. The average molecular weight is 412 g/mol. The third-order valence-electron chi connectivity index (χ3n) is 4.99. The van der Waals surface area contributed by atoms with Gasteiger partial charge in [0.1, 0.15) is 12.6 Å². The van der Waals surface area contributed by atoms with Crippen molar-refractivity contribution in [2.45, 2.75) is 31.9 Å². The summed E-state index contributed by atoms with van der Waals surface area (Å²) in [5.41, 5.74) is 1.87. The molecule has 1 fully saturated rings. The van der Waals surface area contributed by atoms with Gasteiger partial charge in [0.25, 0.3) is 0 Å². The average Bonchev–Trinajstić information content (AvgIpc) is 3.25. The predicted molar refractivity (Wildman–Crippen MR) is 109 cm³/mol. The maximum absolute atomic E-state index is 12.8. The second-order valence-corrected chi connectivity index (χ2v) is 7.48. The van der Waals surface area contributed by atoms with Crippen molar-refractivity contribution in [3.05, 3.63) is 71.1 Å². The minimum absolute atomic E-state index is 0.0313. The zero-order valence-corrected chi connectivity index (χ0v) is 16.7. The minimum atomic E-state index is -0.217. The predicted octanol–water partition coefficient (Wildman–Crippen LogP) is 4.66. The van der Waals surface area contributed by atoms with E-state index < -0.39 is 0 Å². The fourth-order valence-electron chi connectivity index (χ4n) is 3.49. The molecule has 1 unspecified atom stereocenters.